The van der Waals surface area contributed by atoms with Gasteiger partial charge >= 0.3 is 0 Å². The summed E-state index contributed by atoms with van der Waals surface area (Å²) in [7, 11) is 1.85. The van der Waals surface area contributed by atoms with Crippen LogP contribution in [0.25, 0.3) is 11.3 Å². The second-order valence-corrected chi connectivity index (χ2v) is 5.14. The summed E-state index contributed by atoms with van der Waals surface area (Å²) in [5.74, 6) is 0.651. The fraction of sp³-hybridized carbons (Fsp3) is 0.308. The van der Waals surface area contributed by atoms with E-state index in [9.17, 15) is 0 Å². The molecule has 0 spiro atoms. The number of nitrogens with zero attached hydrogens (tertiary/aromatic N) is 2. The topological polar surface area (TPSA) is 43.8 Å². The lowest BCUT2D eigenvalue weighted by Crippen LogP contribution is -1.97. The van der Waals surface area contributed by atoms with E-state index in [1.54, 1.807) is 4.68 Å². The lowest BCUT2D eigenvalue weighted by Gasteiger charge is -2.09. The van der Waals surface area contributed by atoms with Gasteiger partial charge in [-0.15, -0.1) is 0 Å². The molecule has 0 atom stereocenters. The molecule has 0 aliphatic heterocycles. The van der Waals surface area contributed by atoms with E-state index in [-0.39, 0.29) is 0 Å². The van der Waals surface area contributed by atoms with Gasteiger partial charge in [-0.1, -0.05) is 12.1 Å². The molecule has 1 heterocycles. The molecule has 2 N–H and O–H groups in total. The molecule has 0 unspecified atom stereocenters. The zero-order valence-corrected chi connectivity index (χ0v) is 12.1. The summed E-state index contributed by atoms with van der Waals surface area (Å²) in [5, 5.41) is 4.46. The number of anilines is 1. The monoisotopic (exact) mass is 293 g/mol. The Hall–Kier alpha value is -1.29. The molecule has 4 heteroatoms. The Morgan fingerprint density at radius 3 is 2.35 bits per heavy atom. The molecule has 1 aromatic carbocycles. The van der Waals surface area contributed by atoms with Crippen molar-refractivity contribution in [3.63, 3.8) is 0 Å². The molecular formula is C13H16BrN3. The molecule has 0 bridgehead atoms. The Kier molecular flexibility index (Phi) is 3.00. The molecular weight excluding hydrogens is 278 g/mol. The standard InChI is InChI=1S/C13H16BrN3/c1-7-5-6-10(9(3)8(7)2)12-11(14)13(15)17(4)16-12/h5-6H,15H2,1-4H3. The van der Waals surface area contributed by atoms with Crippen LogP contribution in [0.5, 0.6) is 0 Å². The van der Waals surface area contributed by atoms with E-state index in [0.717, 1.165) is 15.7 Å². The van der Waals surface area contributed by atoms with Gasteiger partial charge in [-0.3, -0.25) is 4.68 Å². The molecule has 0 aliphatic carbocycles. The number of nitrogens with two attached hydrogens (primary N) is 1. The minimum absolute atomic E-state index is 0.651. The molecule has 0 radical (unpaired) electrons. The summed E-state index contributed by atoms with van der Waals surface area (Å²) in [6, 6.07) is 4.22. The van der Waals surface area contributed by atoms with Crippen LogP contribution < -0.4 is 5.73 Å². The average molecular weight is 294 g/mol. The van der Waals surface area contributed by atoms with E-state index in [2.05, 4.69) is 53.9 Å². The summed E-state index contributed by atoms with van der Waals surface area (Å²) >= 11 is 3.51. The van der Waals surface area contributed by atoms with Crippen LogP contribution in [0.3, 0.4) is 0 Å². The van der Waals surface area contributed by atoms with Gasteiger partial charge in [-0.2, -0.15) is 5.10 Å². The van der Waals surface area contributed by atoms with E-state index in [0.29, 0.717) is 5.82 Å². The van der Waals surface area contributed by atoms with Gasteiger partial charge in [0.25, 0.3) is 0 Å². The van der Waals surface area contributed by atoms with Crippen molar-refractivity contribution < 1.29 is 0 Å². The first-order valence-electron chi connectivity index (χ1n) is 5.48. The summed E-state index contributed by atoms with van der Waals surface area (Å²) in [6.07, 6.45) is 0. The first kappa shape index (κ1) is 12.2. The highest BCUT2D eigenvalue weighted by Crippen LogP contribution is 2.34. The molecule has 0 amide bonds. The van der Waals surface area contributed by atoms with Crippen LogP contribution in [-0.4, -0.2) is 9.78 Å². The maximum atomic E-state index is 5.91. The van der Waals surface area contributed by atoms with E-state index in [1.165, 1.54) is 16.7 Å². The molecule has 3 nitrogen and oxygen atoms in total. The van der Waals surface area contributed by atoms with Crippen LogP contribution in [-0.2, 0) is 7.05 Å². The third-order valence-corrected chi connectivity index (χ3v) is 4.13. The zero-order valence-electron chi connectivity index (χ0n) is 10.5. The zero-order chi connectivity index (χ0) is 12.7. The Bertz CT molecular complexity index is 585. The normalized spacial score (nSPS) is 10.9. The smallest absolute Gasteiger partial charge is 0.136 e. The van der Waals surface area contributed by atoms with E-state index >= 15 is 0 Å². The SMILES string of the molecule is Cc1ccc(-c2nn(C)c(N)c2Br)c(C)c1C. The summed E-state index contributed by atoms with van der Waals surface area (Å²) in [4.78, 5) is 0. The van der Waals surface area contributed by atoms with Gasteiger partial charge in [0.1, 0.15) is 11.5 Å². The van der Waals surface area contributed by atoms with Gasteiger partial charge in [0.15, 0.2) is 0 Å². The summed E-state index contributed by atoms with van der Waals surface area (Å²) in [6.45, 7) is 6.37. The predicted octanol–water partition coefficient (Wildman–Crippen LogP) is 3.36. The lowest BCUT2D eigenvalue weighted by atomic mass is 9.97. The lowest BCUT2D eigenvalue weighted by molar-refractivity contribution is 0.782. The highest BCUT2D eigenvalue weighted by molar-refractivity contribution is 9.10. The molecule has 0 fully saturated rings. The molecule has 17 heavy (non-hydrogen) atoms. The van der Waals surface area contributed by atoms with Crippen molar-refractivity contribution in [2.75, 3.05) is 5.73 Å². The van der Waals surface area contributed by atoms with Crippen molar-refractivity contribution in [2.24, 2.45) is 7.05 Å². The van der Waals surface area contributed by atoms with Crippen molar-refractivity contribution in [3.05, 3.63) is 33.3 Å². The van der Waals surface area contributed by atoms with Crippen LogP contribution in [0.1, 0.15) is 16.7 Å². The average Bonchev–Trinajstić information content (AvgIpc) is 2.54. The number of nitrogen functional groups attached to an aromatic ring is 1. The van der Waals surface area contributed by atoms with Crippen molar-refractivity contribution >= 4 is 21.7 Å². The van der Waals surface area contributed by atoms with E-state index in [1.807, 2.05) is 7.05 Å². The predicted molar refractivity (Wildman–Crippen MR) is 75.0 cm³/mol. The summed E-state index contributed by atoms with van der Waals surface area (Å²) in [5.41, 5.74) is 11.8. The van der Waals surface area contributed by atoms with Gasteiger partial charge in [0, 0.05) is 12.6 Å². The third kappa shape index (κ3) is 1.86. The molecule has 0 saturated carbocycles. The maximum absolute atomic E-state index is 5.91. The second-order valence-electron chi connectivity index (χ2n) is 4.35. The Balaban J connectivity index is 2.69. The van der Waals surface area contributed by atoms with Gasteiger partial charge in [-0.05, 0) is 53.4 Å². The number of benzene rings is 1. The first-order chi connectivity index (χ1) is 7.93. The molecule has 0 saturated heterocycles. The van der Waals surface area contributed by atoms with Crippen LogP contribution in [0.2, 0.25) is 0 Å². The Morgan fingerprint density at radius 1 is 1.18 bits per heavy atom. The molecule has 0 aliphatic rings. The second kappa shape index (κ2) is 4.18. The number of aromatic nitrogens is 2. The van der Waals surface area contributed by atoms with Crippen molar-refractivity contribution in [1.82, 2.24) is 9.78 Å². The highest BCUT2D eigenvalue weighted by atomic mass is 79.9. The van der Waals surface area contributed by atoms with Crippen LogP contribution >= 0.6 is 15.9 Å². The molecule has 2 aromatic rings. The van der Waals surface area contributed by atoms with Gasteiger partial charge in [-0.25, -0.2) is 0 Å². The number of hydrogen-bond donors (Lipinski definition) is 1. The minimum Gasteiger partial charge on any atom is -0.383 e. The first-order valence-corrected chi connectivity index (χ1v) is 6.28. The van der Waals surface area contributed by atoms with Crippen LogP contribution in [0.4, 0.5) is 5.82 Å². The largest absolute Gasteiger partial charge is 0.383 e. The van der Waals surface area contributed by atoms with Crippen LogP contribution in [0.15, 0.2) is 16.6 Å². The Morgan fingerprint density at radius 2 is 1.82 bits per heavy atom. The maximum Gasteiger partial charge on any atom is 0.136 e. The third-order valence-electron chi connectivity index (χ3n) is 3.34. The Labute approximate surface area is 110 Å². The number of halogens is 1. The molecule has 2 rings (SSSR count). The van der Waals surface area contributed by atoms with Crippen LogP contribution in [0, 0.1) is 20.8 Å². The number of aryl methyl sites for hydroxylation is 2. The van der Waals surface area contributed by atoms with E-state index < -0.39 is 0 Å². The van der Waals surface area contributed by atoms with Gasteiger partial charge < -0.3 is 5.73 Å². The molecule has 1 aromatic heterocycles. The van der Waals surface area contributed by atoms with Crippen molar-refractivity contribution in [1.29, 1.82) is 0 Å². The van der Waals surface area contributed by atoms with Gasteiger partial charge in [0.05, 0.1) is 4.47 Å². The highest BCUT2D eigenvalue weighted by Gasteiger charge is 2.15. The number of rotatable bonds is 1. The van der Waals surface area contributed by atoms with E-state index in [4.69, 9.17) is 5.73 Å². The fourth-order valence-corrected chi connectivity index (χ4v) is 2.45. The van der Waals surface area contributed by atoms with Crippen molar-refractivity contribution in [2.45, 2.75) is 20.8 Å². The molecule has 90 valence electrons. The number of hydrogen-bond acceptors (Lipinski definition) is 2. The van der Waals surface area contributed by atoms with Crippen molar-refractivity contribution in [3.8, 4) is 11.3 Å². The quantitative estimate of drug-likeness (QED) is 0.876. The minimum atomic E-state index is 0.651. The summed E-state index contributed by atoms with van der Waals surface area (Å²) < 4.78 is 2.56. The van der Waals surface area contributed by atoms with Gasteiger partial charge in [0.2, 0.25) is 0 Å². The fourth-order valence-electron chi connectivity index (χ4n) is 1.90.